The molecule has 3 heterocycles. The van der Waals surface area contributed by atoms with Crippen molar-refractivity contribution in [3.8, 4) is 5.75 Å². The molecule has 2 aliphatic heterocycles. The van der Waals surface area contributed by atoms with E-state index in [1.807, 2.05) is 6.20 Å². The SMILES string of the molecule is OCC[C@]12C[C@H]1CN(c1cncc(OC[C@@H]3CCCN3)c1)C2. The summed E-state index contributed by atoms with van der Waals surface area (Å²) < 4.78 is 5.91. The molecule has 1 saturated carbocycles. The van der Waals surface area contributed by atoms with Crippen LogP contribution in [-0.4, -0.2) is 49.0 Å². The van der Waals surface area contributed by atoms with E-state index < -0.39 is 0 Å². The highest BCUT2D eigenvalue weighted by Crippen LogP contribution is 2.60. The number of aliphatic hydroxyl groups excluding tert-OH is 1. The Balaban J connectivity index is 1.37. The topological polar surface area (TPSA) is 57.6 Å². The Bertz CT molecular complexity index is 532. The van der Waals surface area contributed by atoms with Gasteiger partial charge in [-0.1, -0.05) is 0 Å². The molecular weight excluding hydrogens is 278 g/mol. The lowest BCUT2D eigenvalue weighted by Gasteiger charge is -2.23. The highest BCUT2D eigenvalue weighted by atomic mass is 16.5. The average Bonchev–Trinajstić information content (AvgIpc) is 2.94. The fourth-order valence-electron chi connectivity index (χ4n) is 4.15. The second-order valence-electron chi connectivity index (χ2n) is 7.10. The van der Waals surface area contributed by atoms with Gasteiger partial charge in [-0.2, -0.15) is 0 Å². The normalized spacial score (nSPS) is 33.0. The first kappa shape index (κ1) is 14.3. The molecule has 5 nitrogen and oxygen atoms in total. The van der Waals surface area contributed by atoms with Crippen LogP contribution in [0.2, 0.25) is 0 Å². The molecule has 2 N–H and O–H groups in total. The summed E-state index contributed by atoms with van der Waals surface area (Å²) in [6.07, 6.45) is 8.39. The zero-order valence-electron chi connectivity index (χ0n) is 13.0. The van der Waals surface area contributed by atoms with Gasteiger partial charge in [0.2, 0.25) is 0 Å². The largest absolute Gasteiger partial charge is 0.490 e. The lowest BCUT2D eigenvalue weighted by molar-refractivity contribution is 0.251. The number of ether oxygens (including phenoxy) is 1. The number of piperidine rings is 1. The number of fused-ring (bicyclic) bond motifs is 1. The zero-order chi connectivity index (χ0) is 15.0. The quantitative estimate of drug-likeness (QED) is 0.832. The van der Waals surface area contributed by atoms with E-state index in [0.717, 1.165) is 50.0 Å². The summed E-state index contributed by atoms with van der Waals surface area (Å²) in [5.41, 5.74) is 1.53. The predicted molar refractivity (Wildman–Crippen MR) is 85.2 cm³/mol. The van der Waals surface area contributed by atoms with Crippen molar-refractivity contribution in [2.75, 3.05) is 37.7 Å². The van der Waals surface area contributed by atoms with Gasteiger partial charge >= 0.3 is 0 Å². The second-order valence-corrected chi connectivity index (χ2v) is 7.10. The van der Waals surface area contributed by atoms with Crippen LogP contribution < -0.4 is 15.0 Å². The standard InChI is InChI=1S/C17H25N3O2/c21-5-3-17-7-13(17)10-20(12-17)15-6-16(9-18-8-15)22-11-14-2-1-4-19-14/h6,8-9,13-14,19,21H,1-5,7,10-12H2/t13-,14-,17+/m0/s1. The van der Waals surface area contributed by atoms with Gasteiger partial charge in [0.15, 0.2) is 0 Å². The lowest BCUT2D eigenvalue weighted by Crippen LogP contribution is -2.28. The van der Waals surface area contributed by atoms with Crippen LogP contribution in [0.3, 0.4) is 0 Å². The summed E-state index contributed by atoms with van der Waals surface area (Å²) in [5.74, 6) is 1.62. The maximum atomic E-state index is 9.24. The monoisotopic (exact) mass is 303 g/mol. The fourth-order valence-corrected chi connectivity index (χ4v) is 4.15. The molecule has 3 fully saturated rings. The number of anilines is 1. The molecule has 0 spiro atoms. The number of rotatable bonds is 6. The number of aromatic nitrogens is 1. The van der Waals surface area contributed by atoms with E-state index in [2.05, 4.69) is 21.3 Å². The Morgan fingerprint density at radius 2 is 2.41 bits per heavy atom. The van der Waals surface area contributed by atoms with Crippen LogP contribution in [0.4, 0.5) is 5.69 Å². The molecular formula is C17H25N3O2. The molecule has 1 aromatic rings. The van der Waals surface area contributed by atoms with Gasteiger partial charge in [0.1, 0.15) is 12.4 Å². The second kappa shape index (κ2) is 5.70. The first-order valence-electron chi connectivity index (χ1n) is 8.46. The van der Waals surface area contributed by atoms with Crippen molar-refractivity contribution in [3.05, 3.63) is 18.5 Å². The van der Waals surface area contributed by atoms with Gasteiger partial charge in [0.25, 0.3) is 0 Å². The van der Waals surface area contributed by atoms with Crippen molar-refractivity contribution >= 4 is 5.69 Å². The average molecular weight is 303 g/mol. The van der Waals surface area contributed by atoms with E-state index in [-0.39, 0.29) is 0 Å². The van der Waals surface area contributed by atoms with Gasteiger partial charge in [-0.05, 0) is 43.6 Å². The van der Waals surface area contributed by atoms with Crippen LogP contribution in [-0.2, 0) is 0 Å². The molecule has 5 heteroatoms. The minimum atomic E-state index is 0.306. The Hall–Kier alpha value is -1.33. The molecule has 0 aromatic carbocycles. The van der Waals surface area contributed by atoms with Crippen LogP contribution in [0.5, 0.6) is 5.75 Å². The molecule has 120 valence electrons. The van der Waals surface area contributed by atoms with Crippen molar-refractivity contribution in [1.82, 2.24) is 10.3 Å². The highest BCUT2D eigenvalue weighted by Gasteiger charge is 2.59. The Morgan fingerprint density at radius 3 is 3.23 bits per heavy atom. The third-order valence-corrected chi connectivity index (χ3v) is 5.59. The van der Waals surface area contributed by atoms with Crippen molar-refractivity contribution in [3.63, 3.8) is 0 Å². The predicted octanol–water partition coefficient (Wildman–Crippen LogP) is 1.42. The van der Waals surface area contributed by atoms with E-state index in [9.17, 15) is 5.11 Å². The lowest BCUT2D eigenvalue weighted by atomic mass is 10.0. The maximum absolute atomic E-state index is 9.24. The van der Waals surface area contributed by atoms with Gasteiger partial charge < -0.3 is 20.1 Å². The van der Waals surface area contributed by atoms with Crippen LogP contribution in [0.25, 0.3) is 0 Å². The van der Waals surface area contributed by atoms with Crippen molar-refractivity contribution in [1.29, 1.82) is 0 Å². The molecule has 3 aliphatic rings. The molecule has 0 bridgehead atoms. The number of pyridine rings is 1. The number of nitrogens with one attached hydrogen (secondary N) is 1. The molecule has 22 heavy (non-hydrogen) atoms. The molecule has 0 radical (unpaired) electrons. The van der Waals surface area contributed by atoms with Crippen molar-refractivity contribution < 1.29 is 9.84 Å². The van der Waals surface area contributed by atoms with E-state index >= 15 is 0 Å². The van der Waals surface area contributed by atoms with Gasteiger partial charge in [-0.25, -0.2) is 0 Å². The molecule has 4 rings (SSSR count). The highest BCUT2D eigenvalue weighted by molar-refractivity contribution is 5.51. The van der Waals surface area contributed by atoms with Crippen molar-refractivity contribution in [2.45, 2.75) is 31.7 Å². The van der Waals surface area contributed by atoms with Gasteiger partial charge in [-0.3, -0.25) is 4.98 Å². The molecule has 0 amide bonds. The van der Waals surface area contributed by atoms with Gasteiger partial charge in [0.05, 0.1) is 18.1 Å². The molecule has 1 aliphatic carbocycles. The van der Waals surface area contributed by atoms with Gasteiger partial charge in [0, 0.05) is 31.8 Å². The minimum absolute atomic E-state index is 0.306. The summed E-state index contributed by atoms with van der Waals surface area (Å²) in [6.45, 7) is 4.28. The number of nitrogens with zero attached hydrogens (tertiary/aromatic N) is 2. The Labute approximate surface area is 131 Å². The van der Waals surface area contributed by atoms with Crippen LogP contribution in [0.15, 0.2) is 18.5 Å². The molecule has 1 aromatic heterocycles. The summed E-state index contributed by atoms with van der Waals surface area (Å²) in [5, 5.41) is 12.7. The zero-order valence-corrected chi connectivity index (χ0v) is 13.0. The number of aliphatic hydroxyl groups is 1. The summed E-state index contributed by atoms with van der Waals surface area (Å²) in [4.78, 5) is 6.75. The maximum Gasteiger partial charge on any atom is 0.139 e. The fraction of sp³-hybridized carbons (Fsp3) is 0.706. The van der Waals surface area contributed by atoms with E-state index in [1.165, 1.54) is 19.3 Å². The van der Waals surface area contributed by atoms with Crippen LogP contribution in [0.1, 0.15) is 25.7 Å². The van der Waals surface area contributed by atoms with E-state index in [4.69, 9.17) is 4.74 Å². The molecule has 3 atom stereocenters. The first-order valence-corrected chi connectivity index (χ1v) is 8.46. The van der Waals surface area contributed by atoms with Crippen LogP contribution >= 0.6 is 0 Å². The molecule has 0 unspecified atom stereocenters. The number of hydrogen-bond donors (Lipinski definition) is 2. The Morgan fingerprint density at radius 1 is 1.45 bits per heavy atom. The first-order chi connectivity index (χ1) is 10.8. The third kappa shape index (κ3) is 2.68. The summed E-state index contributed by atoms with van der Waals surface area (Å²) >= 11 is 0. The van der Waals surface area contributed by atoms with E-state index in [0.29, 0.717) is 18.1 Å². The third-order valence-electron chi connectivity index (χ3n) is 5.59. The summed E-state index contributed by atoms with van der Waals surface area (Å²) in [7, 11) is 0. The number of hydrogen-bond acceptors (Lipinski definition) is 5. The van der Waals surface area contributed by atoms with Crippen LogP contribution in [0, 0.1) is 11.3 Å². The summed E-state index contributed by atoms with van der Waals surface area (Å²) in [6, 6.07) is 2.59. The smallest absolute Gasteiger partial charge is 0.139 e. The van der Waals surface area contributed by atoms with E-state index in [1.54, 1.807) is 6.20 Å². The van der Waals surface area contributed by atoms with Gasteiger partial charge in [-0.15, -0.1) is 0 Å². The Kier molecular flexibility index (Phi) is 3.70. The van der Waals surface area contributed by atoms with Crippen molar-refractivity contribution in [2.24, 2.45) is 11.3 Å². The molecule has 2 saturated heterocycles. The minimum Gasteiger partial charge on any atom is -0.490 e.